The summed E-state index contributed by atoms with van der Waals surface area (Å²) in [4.78, 5) is 13.3. The number of rotatable bonds is 5. The average Bonchev–Trinajstić information content (AvgIpc) is 3.14. The van der Waals surface area contributed by atoms with Crippen molar-refractivity contribution in [2.75, 3.05) is 0 Å². The number of pyridine rings is 1. The van der Waals surface area contributed by atoms with Gasteiger partial charge in [0.15, 0.2) is 5.82 Å². The van der Waals surface area contributed by atoms with Crippen LogP contribution >= 0.6 is 0 Å². The summed E-state index contributed by atoms with van der Waals surface area (Å²) in [5.41, 5.74) is 11.6. The van der Waals surface area contributed by atoms with Crippen molar-refractivity contribution in [3.8, 4) is 28.8 Å². The largest absolute Gasteiger partial charge is 0.326 e. The minimum atomic E-state index is 0.395. The molecule has 3 heterocycles. The van der Waals surface area contributed by atoms with Gasteiger partial charge in [0.2, 0.25) is 0 Å². The monoisotopic (exact) mass is 381 g/mol. The highest BCUT2D eigenvalue weighted by molar-refractivity contribution is 5.63. The number of aromatic nitrogens is 5. The Labute approximate surface area is 168 Å². The fraction of sp³-hybridized carbons (Fsp3) is 0.136. The third-order valence-corrected chi connectivity index (χ3v) is 4.69. The van der Waals surface area contributed by atoms with Gasteiger partial charge in [0.25, 0.3) is 0 Å². The van der Waals surface area contributed by atoms with Crippen molar-refractivity contribution in [2.45, 2.75) is 13.0 Å². The highest BCUT2D eigenvalue weighted by Crippen LogP contribution is 2.26. The summed E-state index contributed by atoms with van der Waals surface area (Å²) in [6, 6.07) is 15.5. The lowest BCUT2D eigenvalue weighted by Gasteiger charge is -2.10. The molecule has 29 heavy (non-hydrogen) atoms. The van der Waals surface area contributed by atoms with Crippen LogP contribution in [0.2, 0.25) is 0 Å². The van der Waals surface area contributed by atoms with Gasteiger partial charge in [0.1, 0.15) is 5.69 Å². The Kier molecular flexibility index (Phi) is 5.10. The second kappa shape index (κ2) is 8.00. The molecule has 0 fully saturated rings. The maximum atomic E-state index is 9.34. The predicted octanol–water partition coefficient (Wildman–Crippen LogP) is 2.86. The Morgan fingerprint density at radius 3 is 2.55 bits per heavy atom. The molecular weight excluding hydrogens is 362 g/mol. The highest BCUT2D eigenvalue weighted by Gasteiger charge is 2.14. The van der Waals surface area contributed by atoms with Crippen LogP contribution in [-0.4, -0.2) is 24.7 Å². The molecule has 1 aromatic carbocycles. The Morgan fingerprint density at radius 2 is 1.86 bits per heavy atom. The molecule has 2 N–H and O–H groups in total. The van der Waals surface area contributed by atoms with Crippen LogP contribution in [0.3, 0.4) is 0 Å². The first-order valence-corrected chi connectivity index (χ1v) is 9.16. The number of nitriles is 1. The zero-order valence-corrected chi connectivity index (χ0v) is 15.9. The SMILES string of the molecule is Cn1nc(-c2ccccn2)cc1Cc1cc(C#N)ccc1-c1ncc(CN)cn1. The highest BCUT2D eigenvalue weighted by atomic mass is 15.3. The molecule has 0 bridgehead atoms. The number of benzene rings is 1. The number of hydrogen-bond acceptors (Lipinski definition) is 6. The van der Waals surface area contributed by atoms with Crippen molar-refractivity contribution in [2.24, 2.45) is 12.8 Å². The molecule has 0 saturated heterocycles. The van der Waals surface area contributed by atoms with Gasteiger partial charge in [-0.15, -0.1) is 0 Å². The van der Waals surface area contributed by atoms with Crippen LogP contribution in [0.4, 0.5) is 0 Å². The van der Waals surface area contributed by atoms with Gasteiger partial charge < -0.3 is 5.73 Å². The molecule has 0 spiro atoms. The molecule has 7 nitrogen and oxygen atoms in total. The van der Waals surface area contributed by atoms with Crippen LogP contribution < -0.4 is 5.73 Å². The third kappa shape index (κ3) is 3.88. The van der Waals surface area contributed by atoms with Crippen molar-refractivity contribution in [3.63, 3.8) is 0 Å². The fourth-order valence-electron chi connectivity index (χ4n) is 3.13. The lowest BCUT2D eigenvalue weighted by Crippen LogP contribution is -2.03. The Morgan fingerprint density at radius 1 is 1.03 bits per heavy atom. The van der Waals surface area contributed by atoms with Gasteiger partial charge in [0, 0.05) is 55.4 Å². The summed E-state index contributed by atoms with van der Waals surface area (Å²) in [6.07, 6.45) is 5.80. The van der Waals surface area contributed by atoms with Gasteiger partial charge in [-0.1, -0.05) is 6.07 Å². The Balaban J connectivity index is 1.73. The summed E-state index contributed by atoms with van der Waals surface area (Å²) in [7, 11) is 1.90. The zero-order valence-electron chi connectivity index (χ0n) is 15.9. The summed E-state index contributed by atoms with van der Waals surface area (Å²) >= 11 is 0. The minimum absolute atomic E-state index is 0.395. The minimum Gasteiger partial charge on any atom is -0.326 e. The van der Waals surface area contributed by atoms with Crippen LogP contribution in [0, 0.1) is 11.3 Å². The van der Waals surface area contributed by atoms with Gasteiger partial charge in [-0.05, 0) is 42.0 Å². The summed E-state index contributed by atoms with van der Waals surface area (Å²) in [5, 5.41) is 13.9. The maximum Gasteiger partial charge on any atom is 0.159 e. The lowest BCUT2D eigenvalue weighted by molar-refractivity contribution is 0.726. The van der Waals surface area contributed by atoms with Crippen LogP contribution in [-0.2, 0) is 20.0 Å². The van der Waals surface area contributed by atoms with Crippen LogP contribution in [0.15, 0.2) is 61.1 Å². The van der Waals surface area contributed by atoms with E-state index in [0.29, 0.717) is 24.4 Å². The van der Waals surface area contributed by atoms with Crippen molar-refractivity contribution in [1.82, 2.24) is 24.7 Å². The Bertz CT molecular complexity index is 1170. The van der Waals surface area contributed by atoms with E-state index >= 15 is 0 Å². The van der Waals surface area contributed by atoms with Crippen LogP contribution in [0.1, 0.15) is 22.4 Å². The van der Waals surface area contributed by atoms with Gasteiger partial charge >= 0.3 is 0 Å². The summed E-state index contributed by atoms with van der Waals surface area (Å²) < 4.78 is 1.84. The van der Waals surface area contributed by atoms with E-state index in [9.17, 15) is 5.26 Å². The number of nitrogens with zero attached hydrogens (tertiary/aromatic N) is 6. The molecule has 0 unspecified atom stereocenters. The van der Waals surface area contributed by atoms with Crippen LogP contribution in [0.25, 0.3) is 22.8 Å². The lowest BCUT2D eigenvalue weighted by atomic mass is 9.99. The summed E-state index contributed by atoms with van der Waals surface area (Å²) in [6.45, 7) is 0.395. The number of nitrogens with two attached hydrogens (primary N) is 1. The molecule has 0 aliphatic carbocycles. The number of hydrogen-bond donors (Lipinski definition) is 1. The van der Waals surface area contributed by atoms with Crippen LogP contribution in [0.5, 0.6) is 0 Å². The van der Waals surface area contributed by atoms with E-state index in [1.165, 1.54) is 0 Å². The molecule has 0 saturated carbocycles. The Hall–Kier alpha value is -3.89. The maximum absolute atomic E-state index is 9.34. The second-order valence-electron chi connectivity index (χ2n) is 6.64. The van der Waals surface area contributed by atoms with E-state index in [0.717, 1.165) is 33.8 Å². The van der Waals surface area contributed by atoms with Gasteiger partial charge in [-0.3, -0.25) is 9.67 Å². The molecule has 7 heteroatoms. The third-order valence-electron chi connectivity index (χ3n) is 4.69. The standard InChI is InChI=1S/C22H19N7/c1-29-18(10-21(28-29)20-4-2-3-7-25-20)9-17-8-15(11-23)5-6-19(17)22-26-13-16(12-24)14-27-22/h2-8,10,13-14H,9,12,24H2,1H3. The van der Waals surface area contributed by atoms with E-state index < -0.39 is 0 Å². The zero-order chi connectivity index (χ0) is 20.2. The summed E-state index contributed by atoms with van der Waals surface area (Å²) in [5.74, 6) is 0.605. The second-order valence-corrected chi connectivity index (χ2v) is 6.64. The van der Waals surface area contributed by atoms with E-state index in [1.807, 2.05) is 48.1 Å². The number of aryl methyl sites for hydroxylation is 1. The molecule has 142 valence electrons. The molecule has 4 rings (SSSR count). The molecule has 0 atom stereocenters. The first-order valence-electron chi connectivity index (χ1n) is 9.16. The predicted molar refractivity (Wildman–Crippen MR) is 109 cm³/mol. The molecule has 0 aliphatic rings. The van der Waals surface area contributed by atoms with E-state index in [-0.39, 0.29) is 0 Å². The molecule has 3 aromatic heterocycles. The van der Waals surface area contributed by atoms with Crippen molar-refractivity contribution >= 4 is 0 Å². The molecule has 0 radical (unpaired) electrons. The van der Waals surface area contributed by atoms with Gasteiger partial charge in [-0.2, -0.15) is 10.4 Å². The quantitative estimate of drug-likeness (QED) is 0.570. The fourth-order valence-corrected chi connectivity index (χ4v) is 3.13. The smallest absolute Gasteiger partial charge is 0.159 e. The molecular formula is C22H19N7. The van der Waals surface area contributed by atoms with E-state index in [1.54, 1.807) is 24.7 Å². The van der Waals surface area contributed by atoms with Crippen molar-refractivity contribution in [3.05, 3.63) is 83.4 Å². The normalized spacial score (nSPS) is 10.7. The topological polar surface area (TPSA) is 106 Å². The first-order chi connectivity index (χ1) is 14.2. The first kappa shape index (κ1) is 18.5. The van der Waals surface area contributed by atoms with Crippen molar-refractivity contribution < 1.29 is 0 Å². The average molecular weight is 381 g/mol. The van der Waals surface area contributed by atoms with Gasteiger partial charge in [-0.25, -0.2) is 9.97 Å². The van der Waals surface area contributed by atoms with Gasteiger partial charge in [0.05, 0.1) is 17.3 Å². The van der Waals surface area contributed by atoms with E-state index in [4.69, 9.17) is 5.73 Å². The molecule has 0 amide bonds. The molecule has 4 aromatic rings. The van der Waals surface area contributed by atoms with E-state index in [2.05, 4.69) is 26.1 Å². The van der Waals surface area contributed by atoms with Crippen molar-refractivity contribution in [1.29, 1.82) is 5.26 Å². The molecule has 0 aliphatic heterocycles.